The van der Waals surface area contributed by atoms with Crippen LogP contribution in [0.2, 0.25) is 0 Å². The fraction of sp³-hybridized carbons (Fsp3) is 0.0769. The number of pyridine rings is 1. The van der Waals surface area contributed by atoms with Crippen LogP contribution in [0.1, 0.15) is 5.56 Å². The third-order valence-electron chi connectivity index (χ3n) is 2.77. The predicted octanol–water partition coefficient (Wildman–Crippen LogP) is 2.85. The zero-order valence-corrected chi connectivity index (χ0v) is 11.1. The normalized spacial score (nSPS) is 11.0. The standard InChI is InChI=1S/C13H11BrN4/c14-9-2-1-3-10-12(9)18-13(17-10)11-5-4-8(6-15)7-16-11/h1-5,7H,6,15H2,(H,17,18). The lowest BCUT2D eigenvalue weighted by molar-refractivity contribution is 1.05. The number of nitrogens with zero attached hydrogens (tertiary/aromatic N) is 2. The number of para-hydroxylation sites is 1. The Kier molecular flexibility index (Phi) is 2.85. The minimum Gasteiger partial charge on any atom is -0.337 e. The molecule has 90 valence electrons. The number of fused-ring (bicyclic) bond motifs is 1. The number of imidazole rings is 1. The van der Waals surface area contributed by atoms with Gasteiger partial charge in [-0.05, 0) is 39.7 Å². The highest BCUT2D eigenvalue weighted by molar-refractivity contribution is 9.10. The Labute approximate surface area is 112 Å². The zero-order chi connectivity index (χ0) is 12.5. The average Bonchev–Trinajstić information content (AvgIpc) is 2.84. The second kappa shape index (κ2) is 4.51. The highest BCUT2D eigenvalue weighted by Gasteiger charge is 2.08. The van der Waals surface area contributed by atoms with Crippen molar-refractivity contribution in [1.29, 1.82) is 0 Å². The van der Waals surface area contributed by atoms with Crippen LogP contribution in [0.15, 0.2) is 41.0 Å². The first-order valence-corrected chi connectivity index (χ1v) is 6.37. The van der Waals surface area contributed by atoms with Gasteiger partial charge < -0.3 is 10.7 Å². The van der Waals surface area contributed by atoms with Crippen molar-refractivity contribution in [1.82, 2.24) is 15.0 Å². The summed E-state index contributed by atoms with van der Waals surface area (Å²) in [7, 11) is 0. The molecule has 2 heterocycles. The van der Waals surface area contributed by atoms with Gasteiger partial charge in [-0.2, -0.15) is 0 Å². The molecule has 3 N–H and O–H groups in total. The van der Waals surface area contributed by atoms with E-state index in [2.05, 4.69) is 30.9 Å². The molecule has 0 atom stereocenters. The second-order valence-corrected chi connectivity index (χ2v) is 4.83. The largest absolute Gasteiger partial charge is 0.337 e. The maximum atomic E-state index is 5.55. The van der Waals surface area contributed by atoms with Crippen molar-refractivity contribution in [3.05, 3.63) is 46.6 Å². The van der Waals surface area contributed by atoms with Gasteiger partial charge in [0.05, 0.1) is 5.52 Å². The van der Waals surface area contributed by atoms with Gasteiger partial charge in [0, 0.05) is 17.2 Å². The van der Waals surface area contributed by atoms with Crippen LogP contribution >= 0.6 is 15.9 Å². The number of nitrogens with two attached hydrogens (primary N) is 1. The van der Waals surface area contributed by atoms with Crippen LogP contribution in [0.3, 0.4) is 0 Å². The predicted molar refractivity (Wildman–Crippen MR) is 74.9 cm³/mol. The summed E-state index contributed by atoms with van der Waals surface area (Å²) in [6, 6.07) is 9.82. The number of hydrogen-bond donors (Lipinski definition) is 2. The molecule has 5 heteroatoms. The van der Waals surface area contributed by atoms with Gasteiger partial charge in [0.25, 0.3) is 0 Å². The van der Waals surface area contributed by atoms with E-state index < -0.39 is 0 Å². The maximum Gasteiger partial charge on any atom is 0.157 e. The van der Waals surface area contributed by atoms with E-state index in [0.29, 0.717) is 6.54 Å². The summed E-state index contributed by atoms with van der Waals surface area (Å²) in [5, 5.41) is 0. The van der Waals surface area contributed by atoms with Crippen LogP contribution in [0.5, 0.6) is 0 Å². The smallest absolute Gasteiger partial charge is 0.157 e. The van der Waals surface area contributed by atoms with Gasteiger partial charge in [0.15, 0.2) is 5.82 Å². The maximum absolute atomic E-state index is 5.55. The van der Waals surface area contributed by atoms with E-state index in [-0.39, 0.29) is 0 Å². The van der Waals surface area contributed by atoms with Crippen molar-refractivity contribution in [2.45, 2.75) is 6.54 Å². The summed E-state index contributed by atoms with van der Waals surface area (Å²) in [5.74, 6) is 0.764. The van der Waals surface area contributed by atoms with E-state index in [0.717, 1.165) is 32.6 Å². The van der Waals surface area contributed by atoms with Gasteiger partial charge in [-0.1, -0.05) is 12.1 Å². The molecule has 0 bridgehead atoms. The first-order valence-electron chi connectivity index (χ1n) is 5.57. The van der Waals surface area contributed by atoms with Crippen LogP contribution < -0.4 is 5.73 Å². The van der Waals surface area contributed by atoms with Gasteiger partial charge in [0.2, 0.25) is 0 Å². The number of aromatic nitrogens is 3. The molecule has 2 aromatic heterocycles. The Balaban J connectivity index is 2.10. The second-order valence-electron chi connectivity index (χ2n) is 3.98. The number of benzene rings is 1. The number of halogens is 1. The molecule has 0 aliphatic rings. The molecule has 0 radical (unpaired) electrons. The van der Waals surface area contributed by atoms with Crippen LogP contribution in [0, 0.1) is 0 Å². The van der Waals surface area contributed by atoms with Crippen LogP contribution in [0.4, 0.5) is 0 Å². The summed E-state index contributed by atoms with van der Waals surface area (Å²) in [6.45, 7) is 0.499. The van der Waals surface area contributed by atoms with Crippen LogP contribution in [-0.2, 0) is 6.54 Å². The van der Waals surface area contributed by atoms with Gasteiger partial charge in [-0.15, -0.1) is 0 Å². The van der Waals surface area contributed by atoms with E-state index >= 15 is 0 Å². The van der Waals surface area contributed by atoms with E-state index in [4.69, 9.17) is 5.73 Å². The average molecular weight is 303 g/mol. The van der Waals surface area contributed by atoms with Crippen molar-refractivity contribution in [2.24, 2.45) is 5.73 Å². The summed E-state index contributed by atoms with van der Waals surface area (Å²) < 4.78 is 0.973. The summed E-state index contributed by atoms with van der Waals surface area (Å²) in [5.41, 5.74) is 9.28. The highest BCUT2D eigenvalue weighted by Crippen LogP contribution is 2.24. The fourth-order valence-corrected chi connectivity index (χ4v) is 2.26. The number of hydrogen-bond acceptors (Lipinski definition) is 3. The van der Waals surface area contributed by atoms with Crippen molar-refractivity contribution in [2.75, 3.05) is 0 Å². The lowest BCUT2D eigenvalue weighted by Crippen LogP contribution is -1.97. The third kappa shape index (κ3) is 1.91. The third-order valence-corrected chi connectivity index (χ3v) is 3.41. The quantitative estimate of drug-likeness (QED) is 0.765. The molecule has 0 amide bonds. The Morgan fingerprint density at radius 3 is 2.78 bits per heavy atom. The summed E-state index contributed by atoms with van der Waals surface area (Å²) in [6.07, 6.45) is 1.78. The monoisotopic (exact) mass is 302 g/mol. The lowest BCUT2D eigenvalue weighted by Gasteiger charge is -1.97. The van der Waals surface area contributed by atoms with E-state index in [1.807, 2.05) is 30.3 Å². The molecule has 0 aliphatic carbocycles. The van der Waals surface area contributed by atoms with E-state index in [9.17, 15) is 0 Å². The molecule has 3 rings (SSSR count). The van der Waals surface area contributed by atoms with Crippen molar-refractivity contribution in [3.8, 4) is 11.5 Å². The van der Waals surface area contributed by atoms with Gasteiger partial charge in [-0.25, -0.2) is 4.98 Å². The Morgan fingerprint density at radius 1 is 1.22 bits per heavy atom. The zero-order valence-electron chi connectivity index (χ0n) is 9.52. The molecular formula is C13H11BrN4. The Hall–Kier alpha value is -1.72. The lowest BCUT2D eigenvalue weighted by atomic mass is 10.2. The van der Waals surface area contributed by atoms with Crippen molar-refractivity contribution < 1.29 is 0 Å². The van der Waals surface area contributed by atoms with Gasteiger partial charge in [-0.3, -0.25) is 4.98 Å². The fourth-order valence-electron chi connectivity index (χ4n) is 1.80. The molecule has 0 fully saturated rings. The molecule has 4 nitrogen and oxygen atoms in total. The van der Waals surface area contributed by atoms with E-state index in [1.165, 1.54) is 0 Å². The van der Waals surface area contributed by atoms with Crippen molar-refractivity contribution >= 4 is 27.0 Å². The van der Waals surface area contributed by atoms with Crippen LogP contribution in [-0.4, -0.2) is 15.0 Å². The summed E-state index contributed by atoms with van der Waals surface area (Å²) in [4.78, 5) is 12.2. The Bertz CT molecular complexity index is 688. The topological polar surface area (TPSA) is 67.6 Å². The number of nitrogens with one attached hydrogen (secondary N) is 1. The first kappa shape index (κ1) is 11.4. The first-order chi connectivity index (χ1) is 8.78. The van der Waals surface area contributed by atoms with E-state index in [1.54, 1.807) is 6.20 Å². The highest BCUT2D eigenvalue weighted by atomic mass is 79.9. The van der Waals surface area contributed by atoms with Gasteiger partial charge in [0.1, 0.15) is 11.2 Å². The van der Waals surface area contributed by atoms with Crippen LogP contribution in [0.25, 0.3) is 22.6 Å². The molecule has 0 saturated heterocycles. The molecule has 1 aromatic carbocycles. The summed E-state index contributed by atoms with van der Waals surface area (Å²) >= 11 is 3.49. The molecule has 3 aromatic rings. The van der Waals surface area contributed by atoms with Crippen molar-refractivity contribution in [3.63, 3.8) is 0 Å². The molecule has 0 spiro atoms. The molecule has 0 unspecified atom stereocenters. The molecule has 0 aliphatic heterocycles. The van der Waals surface area contributed by atoms with Gasteiger partial charge >= 0.3 is 0 Å². The molecule has 0 saturated carbocycles. The molecule has 18 heavy (non-hydrogen) atoms. The number of aromatic amines is 1. The minimum absolute atomic E-state index is 0.499. The molecular weight excluding hydrogens is 292 g/mol. The number of rotatable bonds is 2. The number of H-pyrrole nitrogens is 1. The Morgan fingerprint density at radius 2 is 2.11 bits per heavy atom. The SMILES string of the molecule is NCc1ccc(-c2nc3c(Br)cccc3[nH]2)nc1. The minimum atomic E-state index is 0.499.